The first-order chi connectivity index (χ1) is 7.07. The highest BCUT2D eigenvalue weighted by atomic mass is 16.5. The zero-order valence-electron chi connectivity index (χ0n) is 9.66. The van der Waals surface area contributed by atoms with Crippen molar-refractivity contribution < 1.29 is 14.3 Å². The van der Waals surface area contributed by atoms with Gasteiger partial charge in [0.05, 0.1) is 7.11 Å². The van der Waals surface area contributed by atoms with E-state index >= 15 is 0 Å². The van der Waals surface area contributed by atoms with E-state index in [4.69, 9.17) is 4.74 Å². The fraction of sp³-hybridized carbons (Fsp3) is 0.818. The lowest BCUT2D eigenvalue weighted by atomic mass is 10.00. The molecule has 1 rings (SSSR count). The van der Waals surface area contributed by atoms with Gasteiger partial charge >= 0.3 is 5.97 Å². The number of piperidine rings is 1. The zero-order chi connectivity index (χ0) is 11.4. The third-order valence-electron chi connectivity index (χ3n) is 2.75. The monoisotopic (exact) mass is 213 g/mol. The highest BCUT2D eigenvalue weighted by molar-refractivity contribution is 5.85. The van der Waals surface area contributed by atoms with Crippen LogP contribution in [0.25, 0.3) is 0 Å². The summed E-state index contributed by atoms with van der Waals surface area (Å²) in [4.78, 5) is 25.0. The van der Waals surface area contributed by atoms with Crippen molar-refractivity contribution in [3.63, 3.8) is 0 Å². The van der Waals surface area contributed by atoms with Crippen LogP contribution in [0.3, 0.4) is 0 Å². The van der Waals surface area contributed by atoms with Gasteiger partial charge in [0.25, 0.3) is 0 Å². The summed E-state index contributed by atoms with van der Waals surface area (Å²) >= 11 is 0. The van der Waals surface area contributed by atoms with Gasteiger partial charge in [0.15, 0.2) is 0 Å². The predicted molar refractivity (Wildman–Crippen MR) is 56.2 cm³/mol. The SMILES string of the molecule is COC(=O)[C@H]1CCCCN1C(=O)C(C)C. The summed E-state index contributed by atoms with van der Waals surface area (Å²) in [5.74, 6) is -0.302. The number of rotatable bonds is 2. The minimum atomic E-state index is -0.362. The van der Waals surface area contributed by atoms with Gasteiger partial charge in [-0.3, -0.25) is 4.79 Å². The van der Waals surface area contributed by atoms with Crippen LogP contribution in [0.5, 0.6) is 0 Å². The molecule has 15 heavy (non-hydrogen) atoms. The lowest BCUT2D eigenvalue weighted by Gasteiger charge is -2.34. The molecule has 1 saturated heterocycles. The summed E-state index contributed by atoms with van der Waals surface area (Å²) in [6, 6.07) is -0.362. The van der Waals surface area contributed by atoms with Gasteiger partial charge < -0.3 is 9.64 Å². The van der Waals surface area contributed by atoms with Crippen molar-refractivity contribution in [2.24, 2.45) is 5.92 Å². The molecule has 0 unspecified atom stereocenters. The molecular weight excluding hydrogens is 194 g/mol. The van der Waals surface area contributed by atoms with Gasteiger partial charge in [0.2, 0.25) is 5.91 Å². The quantitative estimate of drug-likeness (QED) is 0.647. The maximum atomic E-state index is 11.8. The van der Waals surface area contributed by atoms with Crippen molar-refractivity contribution in [2.75, 3.05) is 13.7 Å². The Morgan fingerprint density at radius 1 is 1.33 bits per heavy atom. The second-order valence-corrected chi connectivity index (χ2v) is 4.22. The molecule has 1 aliphatic rings. The van der Waals surface area contributed by atoms with Gasteiger partial charge in [-0.15, -0.1) is 0 Å². The molecule has 1 aliphatic heterocycles. The predicted octanol–water partition coefficient (Wildman–Crippen LogP) is 1.20. The van der Waals surface area contributed by atoms with Crippen molar-refractivity contribution >= 4 is 11.9 Å². The Balaban J connectivity index is 2.73. The minimum Gasteiger partial charge on any atom is -0.467 e. The van der Waals surface area contributed by atoms with Gasteiger partial charge in [0, 0.05) is 12.5 Å². The Labute approximate surface area is 90.6 Å². The summed E-state index contributed by atoms with van der Waals surface area (Å²) < 4.78 is 4.72. The van der Waals surface area contributed by atoms with Crippen LogP contribution in [0.1, 0.15) is 33.1 Å². The summed E-state index contributed by atoms with van der Waals surface area (Å²) in [5, 5.41) is 0. The smallest absolute Gasteiger partial charge is 0.328 e. The van der Waals surface area contributed by atoms with Crippen LogP contribution < -0.4 is 0 Å². The minimum absolute atomic E-state index is 0.0464. The highest BCUT2D eigenvalue weighted by Gasteiger charge is 2.33. The first-order valence-corrected chi connectivity index (χ1v) is 5.46. The van der Waals surface area contributed by atoms with Crippen LogP contribution in [-0.2, 0) is 14.3 Å². The third-order valence-corrected chi connectivity index (χ3v) is 2.75. The van der Waals surface area contributed by atoms with Gasteiger partial charge in [-0.05, 0) is 19.3 Å². The Bertz CT molecular complexity index is 250. The summed E-state index contributed by atoms with van der Waals surface area (Å²) in [6.45, 7) is 4.38. The molecular formula is C11H19NO3. The first kappa shape index (κ1) is 12.0. The summed E-state index contributed by atoms with van der Waals surface area (Å²) in [5.41, 5.74) is 0. The maximum absolute atomic E-state index is 11.8. The normalized spacial score (nSPS) is 21.6. The van der Waals surface area contributed by atoms with E-state index in [9.17, 15) is 9.59 Å². The van der Waals surface area contributed by atoms with Crippen molar-refractivity contribution in [3.8, 4) is 0 Å². The number of nitrogens with zero attached hydrogens (tertiary/aromatic N) is 1. The first-order valence-electron chi connectivity index (χ1n) is 5.46. The second-order valence-electron chi connectivity index (χ2n) is 4.22. The van der Waals surface area contributed by atoms with Crippen molar-refractivity contribution in [1.82, 2.24) is 4.90 Å². The second kappa shape index (κ2) is 5.14. The van der Waals surface area contributed by atoms with Gasteiger partial charge in [-0.25, -0.2) is 4.79 Å². The maximum Gasteiger partial charge on any atom is 0.328 e. The Morgan fingerprint density at radius 3 is 2.53 bits per heavy atom. The largest absolute Gasteiger partial charge is 0.467 e. The molecule has 0 aliphatic carbocycles. The van der Waals surface area contributed by atoms with E-state index in [0.29, 0.717) is 6.54 Å². The molecule has 4 nitrogen and oxygen atoms in total. The van der Waals surface area contributed by atoms with Crippen molar-refractivity contribution in [2.45, 2.75) is 39.2 Å². The number of hydrogen-bond donors (Lipinski definition) is 0. The fourth-order valence-electron chi connectivity index (χ4n) is 1.91. The number of ether oxygens (including phenoxy) is 1. The molecule has 0 spiro atoms. The molecule has 0 saturated carbocycles. The van der Waals surface area contributed by atoms with E-state index in [1.807, 2.05) is 13.8 Å². The van der Waals surface area contributed by atoms with Gasteiger partial charge in [-0.2, -0.15) is 0 Å². The summed E-state index contributed by atoms with van der Waals surface area (Å²) in [6.07, 6.45) is 2.69. The van der Waals surface area contributed by atoms with Crippen LogP contribution in [0.15, 0.2) is 0 Å². The van der Waals surface area contributed by atoms with Crippen LogP contribution in [0.2, 0.25) is 0 Å². The molecule has 0 bridgehead atoms. The van der Waals surface area contributed by atoms with Crippen molar-refractivity contribution in [3.05, 3.63) is 0 Å². The zero-order valence-corrected chi connectivity index (χ0v) is 9.66. The fourth-order valence-corrected chi connectivity index (χ4v) is 1.91. The molecule has 4 heteroatoms. The number of methoxy groups -OCH3 is 1. The molecule has 0 aromatic rings. The molecule has 0 N–H and O–H groups in total. The average molecular weight is 213 g/mol. The van der Waals surface area contributed by atoms with Crippen LogP contribution in [0, 0.1) is 5.92 Å². The molecule has 0 radical (unpaired) electrons. The van der Waals surface area contributed by atoms with Gasteiger partial charge in [0.1, 0.15) is 6.04 Å². The molecule has 1 fully saturated rings. The number of esters is 1. The Kier molecular flexibility index (Phi) is 4.12. The van der Waals surface area contributed by atoms with Crippen LogP contribution in [-0.4, -0.2) is 36.5 Å². The molecule has 0 aromatic carbocycles. The number of hydrogen-bond acceptors (Lipinski definition) is 3. The number of carbonyl (C=O) groups excluding carboxylic acids is 2. The lowest BCUT2D eigenvalue weighted by molar-refractivity contribution is -0.155. The number of amides is 1. The average Bonchev–Trinajstić information content (AvgIpc) is 2.27. The Hall–Kier alpha value is -1.06. The molecule has 1 amide bonds. The molecule has 1 atom stereocenters. The molecule has 0 aromatic heterocycles. The van der Waals surface area contributed by atoms with E-state index < -0.39 is 0 Å². The van der Waals surface area contributed by atoms with Crippen molar-refractivity contribution in [1.29, 1.82) is 0 Å². The summed E-state index contributed by atoms with van der Waals surface area (Å²) in [7, 11) is 1.37. The van der Waals surface area contributed by atoms with Gasteiger partial charge in [-0.1, -0.05) is 13.8 Å². The van der Waals surface area contributed by atoms with E-state index in [2.05, 4.69) is 0 Å². The highest BCUT2D eigenvalue weighted by Crippen LogP contribution is 2.20. The third kappa shape index (κ3) is 2.70. The van der Waals surface area contributed by atoms with E-state index in [1.54, 1.807) is 4.90 Å². The molecule has 1 heterocycles. The van der Waals surface area contributed by atoms with E-state index in [-0.39, 0.29) is 23.8 Å². The van der Waals surface area contributed by atoms with Crippen LogP contribution >= 0.6 is 0 Å². The number of carbonyl (C=O) groups is 2. The lowest BCUT2D eigenvalue weighted by Crippen LogP contribution is -2.49. The Morgan fingerprint density at radius 2 is 2.00 bits per heavy atom. The van der Waals surface area contributed by atoms with E-state index in [0.717, 1.165) is 19.3 Å². The topological polar surface area (TPSA) is 46.6 Å². The molecule has 86 valence electrons. The van der Waals surface area contributed by atoms with Crippen LogP contribution in [0.4, 0.5) is 0 Å². The number of likely N-dealkylation sites (tertiary alicyclic amines) is 1. The van der Waals surface area contributed by atoms with E-state index in [1.165, 1.54) is 7.11 Å². The standard InChI is InChI=1S/C11H19NO3/c1-8(2)10(13)12-7-5-4-6-9(12)11(14)15-3/h8-9H,4-7H2,1-3H3/t9-/m1/s1.